The molecule has 0 saturated carbocycles. The molecule has 3 rings (SSSR count). The number of fused-ring (bicyclic) bond motifs is 1. The molecular weight excluding hydrogens is 392 g/mol. The molecule has 1 unspecified atom stereocenters. The van der Waals surface area contributed by atoms with Gasteiger partial charge >= 0.3 is 0 Å². The van der Waals surface area contributed by atoms with Crippen LogP contribution in [-0.4, -0.2) is 32.5 Å². The molecule has 28 heavy (non-hydrogen) atoms. The lowest BCUT2D eigenvalue weighted by Crippen LogP contribution is -2.26. The zero-order chi connectivity index (χ0) is 20.3. The van der Waals surface area contributed by atoms with Crippen LogP contribution >= 0.6 is 23.5 Å². The van der Waals surface area contributed by atoms with Gasteiger partial charge in [-0.25, -0.2) is 4.98 Å². The highest BCUT2D eigenvalue weighted by Crippen LogP contribution is 2.23. The Balaban J connectivity index is 1.82. The SMILES string of the molecule is CCC(C)n1c(SCC(=O)Nc2cccc(SC)c2)nc2cc(C)[nH]c2c1=O. The van der Waals surface area contributed by atoms with Crippen LogP contribution in [0.5, 0.6) is 0 Å². The summed E-state index contributed by atoms with van der Waals surface area (Å²) in [5.74, 6) is 0.0555. The monoisotopic (exact) mass is 416 g/mol. The molecule has 0 aliphatic carbocycles. The number of aromatic nitrogens is 3. The van der Waals surface area contributed by atoms with E-state index in [0.29, 0.717) is 16.2 Å². The number of benzene rings is 1. The summed E-state index contributed by atoms with van der Waals surface area (Å²) in [7, 11) is 0. The molecule has 0 saturated heterocycles. The number of aromatic amines is 1. The number of H-pyrrole nitrogens is 1. The molecule has 2 N–H and O–H groups in total. The summed E-state index contributed by atoms with van der Waals surface area (Å²) in [6, 6.07) is 9.57. The van der Waals surface area contributed by atoms with E-state index in [0.717, 1.165) is 22.7 Å². The van der Waals surface area contributed by atoms with Gasteiger partial charge in [-0.2, -0.15) is 0 Å². The molecule has 0 aliphatic rings. The highest BCUT2D eigenvalue weighted by molar-refractivity contribution is 7.99. The summed E-state index contributed by atoms with van der Waals surface area (Å²) in [6.07, 6.45) is 2.80. The molecule has 148 valence electrons. The van der Waals surface area contributed by atoms with Crippen molar-refractivity contribution >= 4 is 46.2 Å². The van der Waals surface area contributed by atoms with Crippen molar-refractivity contribution in [1.29, 1.82) is 0 Å². The summed E-state index contributed by atoms with van der Waals surface area (Å²) in [4.78, 5) is 34.2. The zero-order valence-corrected chi connectivity index (χ0v) is 18.0. The second-order valence-electron chi connectivity index (χ2n) is 6.61. The smallest absolute Gasteiger partial charge is 0.278 e. The average molecular weight is 417 g/mol. The fraction of sp³-hybridized carbons (Fsp3) is 0.350. The van der Waals surface area contributed by atoms with Crippen LogP contribution in [0.2, 0.25) is 0 Å². The van der Waals surface area contributed by atoms with Gasteiger partial charge < -0.3 is 10.3 Å². The minimum absolute atomic E-state index is 0.00294. The number of hydrogen-bond donors (Lipinski definition) is 2. The fourth-order valence-corrected chi connectivity index (χ4v) is 4.25. The third-order valence-electron chi connectivity index (χ3n) is 4.50. The van der Waals surface area contributed by atoms with Crippen molar-refractivity contribution in [1.82, 2.24) is 14.5 Å². The van der Waals surface area contributed by atoms with Gasteiger partial charge in [0.25, 0.3) is 5.56 Å². The number of thioether (sulfide) groups is 2. The number of aryl methyl sites for hydroxylation is 1. The van der Waals surface area contributed by atoms with E-state index < -0.39 is 0 Å². The topological polar surface area (TPSA) is 79.8 Å². The van der Waals surface area contributed by atoms with Gasteiger partial charge in [-0.1, -0.05) is 24.8 Å². The lowest BCUT2D eigenvalue weighted by atomic mass is 10.2. The molecule has 3 aromatic rings. The van der Waals surface area contributed by atoms with Crippen LogP contribution < -0.4 is 10.9 Å². The molecule has 2 heterocycles. The average Bonchev–Trinajstić information content (AvgIpc) is 3.06. The number of carbonyl (C=O) groups is 1. The predicted molar refractivity (Wildman–Crippen MR) is 118 cm³/mol. The second kappa shape index (κ2) is 8.87. The highest BCUT2D eigenvalue weighted by Gasteiger charge is 2.18. The molecule has 1 atom stereocenters. The van der Waals surface area contributed by atoms with E-state index in [9.17, 15) is 9.59 Å². The predicted octanol–water partition coefficient (Wildman–Crippen LogP) is 4.46. The van der Waals surface area contributed by atoms with E-state index in [2.05, 4.69) is 15.3 Å². The van der Waals surface area contributed by atoms with E-state index in [4.69, 9.17) is 0 Å². The Kier molecular flexibility index (Phi) is 6.51. The summed E-state index contributed by atoms with van der Waals surface area (Å²) in [6.45, 7) is 5.92. The van der Waals surface area contributed by atoms with Crippen LogP contribution in [0, 0.1) is 6.92 Å². The van der Waals surface area contributed by atoms with Crippen molar-refractivity contribution in [2.75, 3.05) is 17.3 Å². The van der Waals surface area contributed by atoms with Gasteiger partial charge in [0, 0.05) is 22.3 Å². The van der Waals surface area contributed by atoms with E-state index in [1.807, 2.05) is 57.4 Å². The van der Waals surface area contributed by atoms with Crippen LogP contribution in [0.4, 0.5) is 5.69 Å². The molecule has 1 aromatic carbocycles. The Morgan fingerprint density at radius 3 is 2.86 bits per heavy atom. The Morgan fingerprint density at radius 1 is 1.36 bits per heavy atom. The zero-order valence-electron chi connectivity index (χ0n) is 16.4. The standard InChI is InChI=1S/C20H24N4O2S2/c1-5-13(3)24-19(26)18-16(9-12(2)21-18)23-20(24)28-11-17(25)22-14-7-6-8-15(10-14)27-4/h6-10,13,21H,5,11H2,1-4H3,(H,22,25). The van der Waals surface area contributed by atoms with Crippen molar-refractivity contribution < 1.29 is 4.79 Å². The Hall–Kier alpha value is -2.19. The highest BCUT2D eigenvalue weighted by atomic mass is 32.2. The van der Waals surface area contributed by atoms with Gasteiger partial charge in [0.05, 0.1) is 11.3 Å². The molecule has 0 bridgehead atoms. The first kappa shape index (κ1) is 20.5. The van der Waals surface area contributed by atoms with Crippen molar-refractivity contribution in [3.63, 3.8) is 0 Å². The van der Waals surface area contributed by atoms with Crippen molar-refractivity contribution in [3.8, 4) is 0 Å². The molecule has 2 aromatic heterocycles. The molecular formula is C20H24N4O2S2. The maximum Gasteiger partial charge on any atom is 0.278 e. The third-order valence-corrected chi connectivity index (χ3v) is 6.18. The first-order valence-corrected chi connectivity index (χ1v) is 11.3. The first-order valence-electron chi connectivity index (χ1n) is 9.11. The minimum atomic E-state index is -0.126. The van der Waals surface area contributed by atoms with Gasteiger partial charge in [0.1, 0.15) is 5.52 Å². The molecule has 0 spiro atoms. The summed E-state index contributed by atoms with van der Waals surface area (Å²) in [5.41, 5.74) is 2.71. The Bertz CT molecular complexity index is 1060. The van der Waals surface area contributed by atoms with Gasteiger partial charge in [0.15, 0.2) is 5.16 Å². The molecule has 6 nitrogen and oxygen atoms in total. The van der Waals surface area contributed by atoms with Crippen LogP contribution in [0.25, 0.3) is 11.0 Å². The van der Waals surface area contributed by atoms with Gasteiger partial charge in [-0.3, -0.25) is 14.2 Å². The molecule has 1 amide bonds. The van der Waals surface area contributed by atoms with E-state index >= 15 is 0 Å². The molecule has 0 radical (unpaired) electrons. The van der Waals surface area contributed by atoms with E-state index in [1.165, 1.54) is 11.8 Å². The number of amides is 1. The summed E-state index contributed by atoms with van der Waals surface area (Å²) in [5, 5.41) is 3.48. The lowest BCUT2D eigenvalue weighted by molar-refractivity contribution is -0.113. The van der Waals surface area contributed by atoms with Gasteiger partial charge in [-0.15, -0.1) is 11.8 Å². The van der Waals surface area contributed by atoms with Crippen LogP contribution in [0.1, 0.15) is 32.0 Å². The lowest BCUT2D eigenvalue weighted by Gasteiger charge is -2.17. The summed E-state index contributed by atoms with van der Waals surface area (Å²) < 4.78 is 1.69. The summed E-state index contributed by atoms with van der Waals surface area (Å²) >= 11 is 2.91. The second-order valence-corrected chi connectivity index (χ2v) is 8.43. The van der Waals surface area contributed by atoms with Crippen LogP contribution in [0.3, 0.4) is 0 Å². The van der Waals surface area contributed by atoms with Gasteiger partial charge in [-0.05, 0) is 50.8 Å². The van der Waals surface area contributed by atoms with E-state index in [-0.39, 0.29) is 23.3 Å². The minimum Gasteiger partial charge on any atom is -0.353 e. The first-order chi connectivity index (χ1) is 13.4. The normalized spacial score (nSPS) is 12.3. The maximum atomic E-state index is 12.9. The quantitative estimate of drug-likeness (QED) is 0.439. The number of anilines is 1. The van der Waals surface area contributed by atoms with Crippen LogP contribution in [-0.2, 0) is 4.79 Å². The van der Waals surface area contributed by atoms with Crippen molar-refractivity contribution in [2.24, 2.45) is 0 Å². The van der Waals surface area contributed by atoms with Crippen LogP contribution in [0.15, 0.2) is 45.2 Å². The van der Waals surface area contributed by atoms with Crippen molar-refractivity contribution in [2.45, 2.75) is 43.3 Å². The Labute approximate surface area is 172 Å². The van der Waals surface area contributed by atoms with Crippen molar-refractivity contribution in [3.05, 3.63) is 46.4 Å². The largest absolute Gasteiger partial charge is 0.353 e. The molecule has 0 fully saturated rings. The van der Waals surface area contributed by atoms with Gasteiger partial charge in [0.2, 0.25) is 5.91 Å². The number of nitrogens with zero attached hydrogens (tertiary/aromatic N) is 2. The fourth-order valence-electron chi connectivity index (χ4n) is 2.89. The molecule has 8 heteroatoms. The number of rotatable bonds is 7. The maximum absolute atomic E-state index is 12.9. The van der Waals surface area contributed by atoms with E-state index in [1.54, 1.807) is 16.3 Å². The third kappa shape index (κ3) is 4.44. The molecule has 0 aliphatic heterocycles. The number of nitrogens with one attached hydrogen (secondary N) is 2. The number of carbonyl (C=O) groups excluding carboxylic acids is 1. The number of hydrogen-bond acceptors (Lipinski definition) is 5. The Morgan fingerprint density at radius 2 is 2.14 bits per heavy atom.